The van der Waals surface area contributed by atoms with Gasteiger partial charge in [-0.25, -0.2) is 9.59 Å². The third-order valence-electron chi connectivity index (χ3n) is 15.8. The van der Waals surface area contributed by atoms with Crippen LogP contribution < -0.4 is 49.1 Å². The van der Waals surface area contributed by atoms with E-state index in [1.807, 2.05) is 119 Å². The summed E-state index contributed by atoms with van der Waals surface area (Å²) in [4.78, 5) is 145. The van der Waals surface area contributed by atoms with Gasteiger partial charge in [0.05, 0.1) is 18.4 Å². The van der Waals surface area contributed by atoms with Crippen LogP contribution in [0.2, 0.25) is 0 Å². The average molecular weight is 1340 g/mol. The Kier molecular flexibility index (Phi) is 33.3. The summed E-state index contributed by atoms with van der Waals surface area (Å²) < 4.78 is 15.9. The number of carbonyl (C=O) groups excluding carboxylic acids is 11. The number of rotatable bonds is 34. The van der Waals surface area contributed by atoms with E-state index >= 15 is 0 Å². The fourth-order valence-electron chi connectivity index (χ4n) is 11.1. The van der Waals surface area contributed by atoms with Crippen molar-refractivity contribution in [3.05, 3.63) is 108 Å². The van der Waals surface area contributed by atoms with Crippen LogP contribution in [0.15, 0.2) is 91.0 Å². The van der Waals surface area contributed by atoms with E-state index in [1.165, 1.54) is 9.80 Å². The van der Waals surface area contributed by atoms with E-state index in [0.717, 1.165) is 16.7 Å². The number of nitrogens with zero attached hydrogens (tertiary/aromatic N) is 2. The highest BCUT2D eigenvalue weighted by molar-refractivity contribution is 5.96. The quantitative estimate of drug-likeness (QED) is 0.0191. The molecule has 2 saturated heterocycles. The van der Waals surface area contributed by atoms with Crippen LogP contribution in [0.1, 0.15) is 169 Å². The molecular formula is C71H107N11O14. The van der Waals surface area contributed by atoms with Crippen molar-refractivity contribution < 1.29 is 67.0 Å². The molecule has 0 radical (unpaired) electrons. The van der Waals surface area contributed by atoms with Crippen molar-refractivity contribution in [2.45, 2.75) is 226 Å². The normalized spacial score (nSPS) is 16.4. The van der Waals surface area contributed by atoms with Crippen molar-refractivity contribution in [3.63, 3.8) is 0 Å². The number of alkyl carbamates (subject to hydrolysis) is 2. The van der Waals surface area contributed by atoms with E-state index < -0.39 is 119 Å². The SMILES string of the molecule is CC(C)C[C@H](NC(=O)[C@@H](CC(=O)OCc1ccccc1)Cc1ccccc1)C(=O)N1CCC[C@H]1C(=O)N[C@@H](CCCCNC(=O)OC(C)(C)C)C(N)=O.CC(C)C[C@H](NC(=O)[C@@H](N)Cc1ccccc1)C(=O)N1CCC[C@H]1C(=O)N[C@@H](CCCCNC(=O)OC(C)(C)C)C(N)=O. The molecule has 0 bridgehead atoms. The zero-order valence-electron chi connectivity index (χ0n) is 57.9. The minimum atomic E-state index is -0.965. The number of likely N-dealkylation sites (tertiary alicyclic amines) is 2. The van der Waals surface area contributed by atoms with Gasteiger partial charge in [0.25, 0.3) is 0 Å². The first-order valence-corrected chi connectivity index (χ1v) is 33.7. The smallest absolute Gasteiger partial charge is 0.407 e. The van der Waals surface area contributed by atoms with Gasteiger partial charge in [-0.3, -0.25) is 43.2 Å². The Bertz CT molecular complexity index is 3000. The summed E-state index contributed by atoms with van der Waals surface area (Å²) in [6.45, 7) is 19.8. The molecule has 2 aliphatic heterocycles. The lowest BCUT2D eigenvalue weighted by atomic mass is 9.94. The Hall–Kier alpha value is -8.61. The van der Waals surface area contributed by atoms with Crippen LogP contribution in [-0.4, -0.2) is 155 Å². The maximum absolute atomic E-state index is 14.1. The number of nitrogens with two attached hydrogens (primary N) is 3. The molecular weight excluding hydrogens is 1230 g/mol. The fraction of sp³-hybridized carbons (Fsp3) is 0.592. The summed E-state index contributed by atoms with van der Waals surface area (Å²) in [6, 6.07) is 21.8. The fourth-order valence-corrected chi connectivity index (χ4v) is 11.1. The molecule has 2 fully saturated rings. The molecule has 25 nitrogen and oxygen atoms in total. The number of carbonyl (C=O) groups is 11. The number of nitrogens with one attached hydrogen (secondary N) is 6. The van der Waals surface area contributed by atoms with Crippen molar-refractivity contribution in [1.29, 1.82) is 0 Å². The molecule has 3 aromatic carbocycles. The number of hydrogen-bond donors (Lipinski definition) is 9. The van der Waals surface area contributed by atoms with Crippen LogP contribution in [0.4, 0.5) is 9.59 Å². The molecule has 12 N–H and O–H groups in total. The van der Waals surface area contributed by atoms with Gasteiger partial charge in [-0.05, 0) is 160 Å². The van der Waals surface area contributed by atoms with Crippen LogP contribution in [0.5, 0.6) is 0 Å². The molecule has 0 aromatic heterocycles. The maximum Gasteiger partial charge on any atom is 0.407 e. The summed E-state index contributed by atoms with van der Waals surface area (Å²) in [5.74, 6) is -5.21. The van der Waals surface area contributed by atoms with Crippen LogP contribution >= 0.6 is 0 Å². The zero-order chi connectivity index (χ0) is 71.1. The molecule has 3 aromatic rings. The van der Waals surface area contributed by atoms with Crippen molar-refractivity contribution in [2.24, 2.45) is 35.0 Å². The molecule has 8 atom stereocenters. The van der Waals surface area contributed by atoms with Gasteiger partial charge in [-0.2, -0.15) is 0 Å². The van der Waals surface area contributed by atoms with Gasteiger partial charge in [-0.15, -0.1) is 0 Å². The third kappa shape index (κ3) is 30.0. The summed E-state index contributed by atoms with van der Waals surface area (Å²) >= 11 is 0. The highest BCUT2D eigenvalue weighted by Crippen LogP contribution is 2.25. The van der Waals surface area contributed by atoms with Crippen LogP contribution in [0, 0.1) is 17.8 Å². The van der Waals surface area contributed by atoms with Gasteiger partial charge in [0.2, 0.25) is 47.3 Å². The maximum atomic E-state index is 14.1. The summed E-state index contributed by atoms with van der Waals surface area (Å²) in [5.41, 5.74) is 18.7. The first-order chi connectivity index (χ1) is 45.3. The van der Waals surface area contributed by atoms with Gasteiger partial charge in [0, 0.05) is 26.2 Å². The molecule has 0 unspecified atom stereocenters. The second-order valence-corrected chi connectivity index (χ2v) is 27.6. The summed E-state index contributed by atoms with van der Waals surface area (Å²) in [7, 11) is 0. The molecule has 530 valence electrons. The predicted octanol–water partition coefficient (Wildman–Crippen LogP) is 5.91. The van der Waals surface area contributed by atoms with Crippen LogP contribution in [0.25, 0.3) is 0 Å². The zero-order valence-corrected chi connectivity index (χ0v) is 57.9. The molecule has 25 heteroatoms. The highest BCUT2D eigenvalue weighted by atomic mass is 16.6. The van der Waals surface area contributed by atoms with E-state index in [-0.39, 0.29) is 50.0 Å². The predicted molar refractivity (Wildman–Crippen MR) is 363 cm³/mol. The first kappa shape index (κ1) is 79.8. The molecule has 96 heavy (non-hydrogen) atoms. The van der Waals surface area contributed by atoms with E-state index in [0.29, 0.717) is 96.8 Å². The number of primary amides is 2. The number of amides is 10. The van der Waals surface area contributed by atoms with Crippen molar-refractivity contribution in [2.75, 3.05) is 26.2 Å². The lowest BCUT2D eigenvalue weighted by Gasteiger charge is -2.31. The summed E-state index contributed by atoms with van der Waals surface area (Å²) in [6.07, 6.45) is 4.64. The Labute approximate surface area is 566 Å². The minimum Gasteiger partial charge on any atom is -0.461 e. The molecule has 0 saturated carbocycles. The van der Waals surface area contributed by atoms with Gasteiger partial charge < -0.3 is 73.1 Å². The molecule has 2 heterocycles. The minimum absolute atomic E-state index is 0.0200. The number of ether oxygens (including phenoxy) is 3. The number of unbranched alkanes of at least 4 members (excludes halogenated alkanes) is 2. The second kappa shape index (κ2) is 40.1. The van der Waals surface area contributed by atoms with E-state index in [2.05, 4.69) is 31.9 Å². The average Bonchev–Trinajstić information content (AvgIpc) is 1.63. The van der Waals surface area contributed by atoms with Crippen molar-refractivity contribution in [3.8, 4) is 0 Å². The molecule has 2 aliphatic rings. The van der Waals surface area contributed by atoms with Crippen molar-refractivity contribution >= 4 is 65.4 Å². The number of esters is 1. The second-order valence-electron chi connectivity index (χ2n) is 27.6. The van der Waals surface area contributed by atoms with E-state index in [4.69, 9.17) is 31.4 Å². The van der Waals surface area contributed by atoms with Gasteiger partial charge in [0.1, 0.15) is 54.1 Å². The Morgan fingerprint density at radius 3 is 1.28 bits per heavy atom. The number of benzene rings is 3. The van der Waals surface area contributed by atoms with Gasteiger partial charge in [-0.1, -0.05) is 119 Å². The van der Waals surface area contributed by atoms with Gasteiger partial charge >= 0.3 is 18.2 Å². The first-order valence-electron chi connectivity index (χ1n) is 33.7. The van der Waals surface area contributed by atoms with Gasteiger partial charge in [0.15, 0.2) is 0 Å². The van der Waals surface area contributed by atoms with E-state index in [9.17, 15) is 52.7 Å². The monoisotopic (exact) mass is 1340 g/mol. The topological polar surface area (TPSA) is 372 Å². The molecule has 0 aliphatic carbocycles. The molecule has 5 rings (SSSR count). The largest absolute Gasteiger partial charge is 0.461 e. The van der Waals surface area contributed by atoms with Crippen LogP contribution in [0.3, 0.4) is 0 Å². The third-order valence-corrected chi connectivity index (χ3v) is 15.8. The molecule has 10 amide bonds. The standard InChI is InChI=1S/C40H57N5O8.C31H50N6O6/c1-27(2)23-32(44-36(48)30(24-28-15-8-6-9-16-28)25-34(46)52-26-29-17-10-7-11-18-29)38(50)45-22-14-20-33(45)37(49)43-31(35(41)47)19-12-13-21-42-39(51)53-40(3,4)5;1-20(2)18-24(36-27(39)22(32)19-21-12-7-6-8-13-21)29(41)37-17-11-15-25(37)28(40)35-23(26(33)38)14-9-10-16-34-30(42)43-31(3,4)5/h6-11,15-18,27,30-33H,12-14,19-26H2,1-5H3,(H2,41,47)(H,42,51)(H,43,49)(H,44,48);6-8,12-13,20,22-25H,9-11,14-19,32H2,1-5H3,(H2,33,38)(H,34,42)(H,35,40)(H,36,39)/t30-,31+,32+,33+;22-,23-,24-,25-/m10/s1. The molecule has 0 spiro atoms. The Morgan fingerprint density at radius 1 is 0.510 bits per heavy atom. The van der Waals surface area contributed by atoms with Crippen LogP contribution in [-0.2, 0) is 76.8 Å². The van der Waals surface area contributed by atoms with E-state index in [1.54, 1.807) is 41.5 Å². The highest BCUT2D eigenvalue weighted by Gasteiger charge is 2.41. The Balaban J connectivity index is 0.000000418. The number of hydrogen-bond acceptors (Lipinski definition) is 15. The lowest BCUT2D eigenvalue weighted by Crippen LogP contribution is -2.57. The summed E-state index contributed by atoms with van der Waals surface area (Å²) in [5, 5.41) is 16.5. The van der Waals surface area contributed by atoms with Crippen molar-refractivity contribution in [1.82, 2.24) is 41.7 Å². The Morgan fingerprint density at radius 2 is 0.896 bits per heavy atom. The lowest BCUT2D eigenvalue weighted by molar-refractivity contribution is -0.148.